The second-order valence-electron chi connectivity index (χ2n) is 2.57. The SMILES string of the molecule is [CH2]C#Cc1cnc2cccnc2c1. The number of pyridine rings is 2. The molecule has 2 aromatic heterocycles. The van der Waals surface area contributed by atoms with Crippen LogP contribution in [0.5, 0.6) is 0 Å². The third-order valence-corrected chi connectivity index (χ3v) is 1.68. The Labute approximate surface area is 76.6 Å². The first-order chi connectivity index (χ1) is 6.40. The standard InChI is InChI=1S/C11H7N2/c1-2-4-9-7-11-10(13-8-9)5-3-6-12-11/h3,5-8H,1H2. The summed E-state index contributed by atoms with van der Waals surface area (Å²) in [6.07, 6.45) is 3.47. The molecule has 1 radical (unpaired) electrons. The van der Waals surface area contributed by atoms with Gasteiger partial charge in [-0.05, 0) is 18.2 Å². The zero-order valence-corrected chi connectivity index (χ0v) is 6.99. The fraction of sp³-hybridized carbons (Fsp3) is 0. The van der Waals surface area contributed by atoms with Crippen LogP contribution in [0.3, 0.4) is 0 Å². The molecule has 0 aliphatic heterocycles. The number of hydrogen-bond acceptors (Lipinski definition) is 2. The van der Waals surface area contributed by atoms with E-state index in [9.17, 15) is 0 Å². The van der Waals surface area contributed by atoms with E-state index in [1.54, 1.807) is 12.4 Å². The topological polar surface area (TPSA) is 25.8 Å². The Bertz CT molecular complexity index is 492. The molecule has 0 amide bonds. The molecule has 0 aromatic carbocycles. The predicted octanol–water partition coefficient (Wildman–Crippen LogP) is 1.82. The van der Waals surface area contributed by atoms with Crippen molar-refractivity contribution in [3.63, 3.8) is 0 Å². The molecule has 0 fully saturated rings. The van der Waals surface area contributed by atoms with Crippen LogP contribution in [0.25, 0.3) is 11.0 Å². The molecule has 61 valence electrons. The summed E-state index contributed by atoms with van der Waals surface area (Å²) in [4.78, 5) is 8.38. The van der Waals surface area contributed by atoms with E-state index in [1.807, 2.05) is 18.2 Å². The average molecular weight is 167 g/mol. The minimum absolute atomic E-state index is 0.848. The van der Waals surface area contributed by atoms with Gasteiger partial charge in [0.05, 0.1) is 11.0 Å². The predicted molar refractivity (Wildman–Crippen MR) is 51.8 cm³/mol. The lowest BCUT2D eigenvalue weighted by Gasteiger charge is -1.94. The monoisotopic (exact) mass is 167 g/mol. The third kappa shape index (κ3) is 1.50. The first-order valence-corrected chi connectivity index (χ1v) is 3.89. The maximum absolute atomic E-state index is 4.21. The Morgan fingerprint density at radius 3 is 3.00 bits per heavy atom. The minimum Gasteiger partial charge on any atom is -0.255 e. The number of fused-ring (bicyclic) bond motifs is 1. The van der Waals surface area contributed by atoms with Crippen molar-refractivity contribution in [3.8, 4) is 11.8 Å². The number of nitrogens with zero attached hydrogens (tertiary/aromatic N) is 2. The molecule has 0 bridgehead atoms. The summed E-state index contributed by atoms with van der Waals surface area (Å²) < 4.78 is 0. The third-order valence-electron chi connectivity index (χ3n) is 1.68. The fourth-order valence-electron chi connectivity index (χ4n) is 1.12. The molecule has 2 heteroatoms. The van der Waals surface area contributed by atoms with Gasteiger partial charge < -0.3 is 0 Å². The molecular formula is C11H7N2. The summed E-state index contributed by atoms with van der Waals surface area (Å²) in [5, 5.41) is 0. The van der Waals surface area contributed by atoms with Crippen LogP contribution in [0, 0.1) is 18.8 Å². The van der Waals surface area contributed by atoms with Gasteiger partial charge in [0.2, 0.25) is 0 Å². The van der Waals surface area contributed by atoms with E-state index in [0.717, 1.165) is 16.6 Å². The lowest BCUT2D eigenvalue weighted by atomic mass is 10.2. The number of aromatic nitrogens is 2. The molecule has 2 aromatic rings. The van der Waals surface area contributed by atoms with Crippen molar-refractivity contribution in [2.24, 2.45) is 0 Å². The molecule has 2 nitrogen and oxygen atoms in total. The molecule has 0 atom stereocenters. The van der Waals surface area contributed by atoms with Crippen LogP contribution in [0.1, 0.15) is 5.56 Å². The Morgan fingerprint density at radius 2 is 2.15 bits per heavy atom. The van der Waals surface area contributed by atoms with Gasteiger partial charge in [-0.25, -0.2) is 0 Å². The Balaban J connectivity index is 2.66. The number of hydrogen-bond donors (Lipinski definition) is 0. The largest absolute Gasteiger partial charge is 0.255 e. The highest BCUT2D eigenvalue weighted by Gasteiger charge is 1.94. The Hall–Kier alpha value is -1.88. The molecule has 2 rings (SSSR count). The lowest BCUT2D eigenvalue weighted by molar-refractivity contribution is 1.33. The molecule has 0 unspecified atom stereocenters. The molecule has 0 N–H and O–H groups in total. The molecule has 0 aliphatic rings. The van der Waals surface area contributed by atoms with Gasteiger partial charge in [0.25, 0.3) is 0 Å². The zero-order chi connectivity index (χ0) is 9.10. The summed E-state index contributed by atoms with van der Waals surface area (Å²) in [5.41, 5.74) is 2.60. The molecule has 0 aliphatic carbocycles. The summed E-state index contributed by atoms with van der Waals surface area (Å²) in [6, 6.07) is 5.69. The van der Waals surface area contributed by atoms with E-state index >= 15 is 0 Å². The average Bonchev–Trinajstić information content (AvgIpc) is 2.18. The molecule has 13 heavy (non-hydrogen) atoms. The molecule has 0 saturated carbocycles. The van der Waals surface area contributed by atoms with Crippen LogP contribution in [0.15, 0.2) is 30.6 Å². The summed E-state index contributed by atoms with van der Waals surface area (Å²) >= 11 is 0. The highest BCUT2D eigenvalue weighted by Crippen LogP contribution is 2.08. The molecular weight excluding hydrogens is 160 g/mol. The molecule has 0 saturated heterocycles. The van der Waals surface area contributed by atoms with Crippen LogP contribution < -0.4 is 0 Å². The van der Waals surface area contributed by atoms with E-state index < -0.39 is 0 Å². The van der Waals surface area contributed by atoms with Gasteiger partial charge in [-0.2, -0.15) is 0 Å². The van der Waals surface area contributed by atoms with Crippen molar-refractivity contribution in [2.45, 2.75) is 0 Å². The van der Waals surface area contributed by atoms with Crippen molar-refractivity contribution < 1.29 is 0 Å². The smallest absolute Gasteiger partial charge is 0.0899 e. The normalized spacial score (nSPS) is 9.31. The van der Waals surface area contributed by atoms with Crippen molar-refractivity contribution in [1.82, 2.24) is 9.97 Å². The van der Waals surface area contributed by atoms with Crippen molar-refractivity contribution in [2.75, 3.05) is 0 Å². The van der Waals surface area contributed by atoms with Gasteiger partial charge in [0.1, 0.15) is 0 Å². The summed E-state index contributed by atoms with van der Waals surface area (Å²) in [6.45, 7) is 3.45. The number of rotatable bonds is 0. The molecule has 0 spiro atoms. The van der Waals surface area contributed by atoms with Crippen LogP contribution in [0.2, 0.25) is 0 Å². The van der Waals surface area contributed by atoms with Gasteiger partial charge in [0, 0.05) is 24.9 Å². The van der Waals surface area contributed by atoms with E-state index in [1.165, 1.54) is 0 Å². The Kier molecular flexibility index (Phi) is 1.93. The summed E-state index contributed by atoms with van der Waals surface area (Å²) in [5.74, 6) is 5.42. The zero-order valence-electron chi connectivity index (χ0n) is 6.99. The highest BCUT2D eigenvalue weighted by atomic mass is 14.7. The van der Waals surface area contributed by atoms with E-state index in [-0.39, 0.29) is 0 Å². The quantitative estimate of drug-likeness (QED) is 0.559. The van der Waals surface area contributed by atoms with Crippen LogP contribution in [-0.4, -0.2) is 9.97 Å². The highest BCUT2D eigenvalue weighted by molar-refractivity contribution is 5.74. The van der Waals surface area contributed by atoms with Crippen molar-refractivity contribution in [1.29, 1.82) is 0 Å². The van der Waals surface area contributed by atoms with Gasteiger partial charge in [0.15, 0.2) is 0 Å². The Morgan fingerprint density at radius 1 is 1.23 bits per heavy atom. The van der Waals surface area contributed by atoms with Gasteiger partial charge in [-0.1, -0.05) is 11.8 Å². The first-order valence-electron chi connectivity index (χ1n) is 3.89. The lowest BCUT2D eigenvalue weighted by Crippen LogP contribution is -1.83. The second kappa shape index (κ2) is 3.24. The maximum atomic E-state index is 4.21. The van der Waals surface area contributed by atoms with Crippen LogP contribution in [0.4, 0.5) is 0 Å². The van der Waals surface area contributed by atoms with E-state index in [2.05, 4.69) is 28.7 Å². The summed E-state index contributed by atoms with van der Waals surface area (Å²) in [7, 11) is 0. The molecule has 2 heterocycles. The van der Waals surface area contributed by atoms with Crippen molar-refractivity contribution >= 4 is 11.0 Å². The first kappa shape index (κ1) is 7.75. The van der Waals surface area contributed by atoms with Gasteiger partial charge >= 0.3 is 0 Å². The minimum atomic E-state index is 0.848. The van der Waals surface area contributed by atoms with Gasteiger partial charge in [-0.3, -0.25) is 9.97 Å². The van der Waals surface area contributed by atoms with E-state index in [0.29, 0.717) is 0 Å². The van der Waals surface area contributed by atoms with E-state index in [4.69, 9.17) is 0 Å². The fourth-order valence-corrected chi connectivity index (χ4v) is 1.12. The second-order valence-corrected chi connectivity index (χ2v) is 2.57. The van der Waals surface area contributed by atoms with Crippen LogP contribution >= 0.6 is 0 Å². The van der Waals surface area contributed by atoms with Crippen LogP contribution in [-0.2, 0) is 0 Å². The van der Waals surface area contributed by atoms with Gasteiger partial charge in [-0.15, -0.1) is 0 Å². The van der Waals surface area contributed by atoms with Crippen molar-refractivity contribution in [3.05, 3.63) is 43.1 Å². The maximum Gasteiger partial charge on any atom is 0.0899 e.